The minimum Gasteiger partial charge on any atom is -0.360 e. The van der Waals surface area contributed by atoms with E-state index in [-0.39, 0.29) is 40.5 Å². The molecule has 2 aromatic heterocycles. The molecule has 0 unspecified atom stereocenters. The molecule has 0 aliphatic rings. The van der Waals surface area contributed by atoms with E-state index >= 15 is 0 Å². The predicted molar refractivity (Wildman–Crippen MR) is 41.1 cm³/mol. The predicted octanol–water partition coefficient (Wildman–Crippen LogP) is 2.22. The Morgan fingerprint density at radius 1 is 1.50 bits per heavy atom. The van der Waals surface area contributed by atoms with Crippen LogP contribution in [0.5, 0.6) is 0 Å². The highest BCUT2D eigenvalue weighted by Gasteiger charge is 1.93. The van der Waals surface area contributed by atoms with Crippen LogP contribution in [0, 0.1) is 0 Å². The van der Waals surface area contributed by atoms with Crippen LogP contribution in [0.4, 0.5) is 0 Å². The average Bonchev–Trinajstić information content (AvgIpc) is 2.42. The maximum atomic E-state index is 7.53. The van der Waals surface area contributed by atoms with Gasteiger partial charge in [0.25, 0.3) is 0 Å². The SMILES string of the molecule is [2H]c1[nH]c2c([2H])c([2H])c(Cl)nc2c1[2H]. The summed E-state index contributed by atoms with van der Waals surface area (Å²) < 4.78 is 29.7. The third kappa shape index (κ3) is 0.772. The monoisotopic (exact) mass is 156 g/mol. The second-order valence-electron chi connectivity index (χ2n) is 1.75. The van der Waals surface area contributed by atoms with Crippen molar-refractivity contribution >= 4 is 22.6 Å². The fourth-order valence-corrected chi connectivity index (χ4v) is 0.821. The van der Waals surface area contributed by atoms with E-state index in [1.807, 2.05) is 0 Å². The van der Waals surface area contributed by atoms with Gasteiger partial charge >= 0.3 is 0 Å². The van der Waals surface area contributed by atoms with Gasteiger partial charge in [-0.15, -0.1) is 0 Å². The Hall–Kier alpha value is -1.02. The first-order chi connectivity index (χ1) is 6.52. The first-order valence-corrected chi connectivity index (χ1v) is 3.01. The van der Waals surface area contributed by atoms with E-state index in [0.717, 1.165) is 0 Å². The van der Waals surface area contributed by atoms with Crippen molar-refractivity contribution < 1.29 is 5.48 Å². The van der Waals surface area contributed by atoms with E-state index in [4.69, 9.17) is 17.1 Å². The number of pyridine rings is 1. The minimum atomic E-state index is -0.194. The number of halogens is 1. The van der Waals surface area contributed by atoms with Gasteiger partial charge in [-0.2, -0.15) is 0 Å². The molecule has 2 heterocycles. The van der Waals surface area contributed by atoms with Crippen LogP contribution >= 0.6 is 11.6 Å². The van der Waals surface area contributed by atoms with Gasteiger partial charge in [-0.25, -0.2) is 4.98 Å². The third-order valence-corrected chi connectivity index (χ3v) is 1.28. The first kappa shape index (κ1) is 2.93. The Balaban J connectivity index is 2.98. The van der Waals surface area contributed by atoms with Gasteiger partial charge in [0.1, 0.15) is 5.15 Å². The number of H-pyrrole nitrogens is 1. The van der Waals surface area contributed by atoms with E-state index in [1.54, 1.807) is 0 Å². The molecule has 50 valence electrons. The largest absolute Gasteiger partial charge is 0.360 e. The molecular formula is C7H5ClN2. The molecule has 0 aliphatic carbocycles. The number of aromatic nitrogens is 2. The zero-order valence-electron chi connectivity index (χ0n) is 8.83. The molecule has 0 bridgehead atoms. The van der Waals surface area contributed by atoms with Gasteiger partial charge in [0.05, 0.1) is 16.5 Å². The fourth-order valence-electron chi connectivity index (χ4n) is 0.689. The van der Waals surface area contributed by atoms with Crippen molar-refractivity contribution in [2.45, 2.75) is 0 Å². The second kappa shape index (κ2) is 1.99. The van der Waals surface area contributed by atoms with Crippen LogP contribution in [0.1, 0.15) is 5.48 Å². The molecule has 0 radical (unpaired) electrons. The van der Waals surface area contributed by atoms with Crippen molar-refractivity contribution in [3.63, 3.8) is 0 Å². The molecule has 1 N–H and O–H groups in total. The van der Waals surface area contributed by atoms with Crippen molar-refractivity contribution in [2.24, 2.45) is 0 Å². The van der Waals surface area contributed by atoms with Gasteiger partial charge in [0.15, 0.2) is 0 Å². The molecule has 2 aromatic rings. The van der Waals surface area contributed by atoms with Gasteiger partial charge < -0.3 is 4.98 Å². The van der Waals surface area contributed by atoms with Crippen molar-refractivity contribution in [1.29, 1.82) is 0 Å². The first-order valence-electron chi connectivity index (χ1n) is 4.64. The molecule has 0 amide bonds. The molecule has 0 aromatic carbocycles. The molecule has 10 heavy (non-hydrogen) atoms. The molecule has 0 saturated heterocycles. The Kier molecular flexibility index (Phi) is 0.582. The van der Waals surface area contributed by atoms with Crippen molar-refractivity contribution in [1.82, 2.24) is 9.97 Å². The standard InChI is InChI=1S/C7H5ClN2/c8-7-2-1-5-6(10-7)3-4-9-5/h1-4,9H/i1D,2D,3D,4D. The van der Waals surface area contributed by atoms with Gasteiger partial charge in [-0.05, 0) is 18.1 Å². The average molecular weight is 157 g/mol. The molecule has 2 rings (SSSR count). The Morgan fingerprint density at radius 2 is 2.40 bits per heavy atom. The highest BCUT2D eigenvalue weighted by Crippen LogP contribution is 2.12. The van der Waals surface area contributed by atoms with E-state index in [2.05, 4.69) is 9.97 Å². The Labute approximate surface area is 68.5 Å². The van der Waals surface area contributed by atoms with Gasteiger partial charge in [-0.1, -0.05) is 11.6 Å². The lowest BCUT2D eigenvalue weighted by molar-refractivity contribution is 1.41. The fraction of sp³-hybridized carbons (Fsp3) is 0. The van der Waals surface area contributed by atoms with E-state index in [9.17, 15) is 0 Å². The highest BCUT2D eigenvalue weighted by atomic mass is 35.5. The summed E-state index contributed by atoms with van der Waals surface area (Å²) in [6.45, 7) is 0. The third-order valence-electron chi connectivity index (χ3n) is 1.11. The second-order valence-corrected chi connectivity index (χ2v) is 2.11. The summed E-state index contributed by atoms with van der Waals surface area (Å²) in [5, 5.41) is -0.116. The summed E-state index contributed by atoms with van der Waals surface area (Å²) in [5.74, 6) is 0. The number of hydrogen-bond acceptors (Lipinski definition) is 1. The molecule has 0 fully saturated rings. The topological polar surface area (TPSA) is 28.7 Å². The van der Waals surface area contributed by atoms with Crippen LogP contribution in [0.2, 0.25) is 5.15 Å². The van der Waals surface area contributed by atoms with Crippen molar-refractivity contribution in [3.8, 4) is 0 Å². The van der Waals surface area contributed by atoms with E-state index in [1.165, 1.54) is 0 Å². The molecule has 3 heteroatoms. The molecule has 0 spiro atoms. The summed E-state index contributed by atoms with van der Waals surface area (Å²) in [5.41, 5.74) is 0.385. The summed E-state index contributed by atoms with van der Waals surface area (Å²) in [6.07, 6.45) is -0.123. The smallest absolute Gasteiger partial charge is 0.129 e. The lowest BCUT2D eigenvalue weighted by Crippen LogP contribution is -1.73. The summed E-state index contributed by atoms with van der Waals surface area (Å²) in [6, 6.07) is -0.428. The molecule has 0 aliphatic heterocycles. The normalized spacial score (nSPS) is 16.1. The maximum absolute atomic E-state index is 7.53. The zero-order valence-corrected chi connectivity index (χ0v) is 5.58. The summed E-state index contributed by atoms with van der Waals surface area (Å²) in [7, 11) is 0. The van der Waals surface area contributed by atoms with Gasteiger partial charge in [-0.3, -0.25) is 0 Å². The van der Waals surface area contributed by atoms with E-state index < -0.39 is 0 Å². The number of hydrogen-bond donors (Lipinski definition) is 1. The van der Waals surface area contributed by atoms with Crippen molar-refractivity contribution in [3.05, 3.63) is 29.5 Å². The van der Waals surface area contributed by atoms with Crippen LogP contribution in [0.3, 0.4) is 0 Å². The van der Waals surface area contributed by atoms with Crippen LogP contribution in [-0.2, 0) is 0 Å². The van der Waals surface area contributed by atoms with Crippen LogP contribution < -0.4 is 0 Å². The van der Waals surface area contributed by atoms with Crippen LogP contribution in [0.15, 0.2) is 24.3 Å². The number of nitrogens with one attached hydrogen (secondary N) is 1. The zero-order chi connectivity index (χ0) is 10.5. The minimum absolute atomic E-state index is 0.101. The highest BCUT2D eigenvalue weighted by molar-refractivity contribution is 6.29. The van der Waals surface area contributed by atoms with Gasteiger partial charge in [0, 0.05) is 6.17 Å². The number of fused-ring (bicyclic) bond motifs is 1. The Bertz CT molecular complexity index is 522. The number of nitrogens with zero attached hydrogens (tertiary/aromatic N) is 1. The lowest BCUT2D eigenvalue weighted by Gasteiger charge is -1.87. The molecule has 0 atom stereocenters. The Morgan fingerprint density at radius 3 is 3.30 bits per heavy atom. The number of aromatic amines is 1. The molecule has 0 saturated carbocycles. The van der Waals surface area contributed by atoms with Crippen LogP contribution in [0.25, 0.3) is 11.0 Å². The quantitative estimate of drug-likeness (QED) is 0.583. The van der Waals surface area contributed by atoms with Crippen molar-refractivity contribution in [2.75, 3.05) is 0 Å². The lowest BCUT2D eigenvalue weighted by atomic mass is 10.4. The van der Waals surface area contributed by atoms with Gasteiger partial charge in [0.2, 0.25) is 0 Å². The summed E-state index contributed by atoms with van der Waals surface area (Å²) in [4.78, 5) is 6.29. The van der Waals surface area contributed by atoms with Crippen LogP contribution in [-0.4, -0.2) is 9.97 Å². The molecule has 2 nitrogen and oxygen atoms in total. The maximum Gasteiger partial charge on any atom is 0.129 e. The summed E-state index contributed by atoms with van der Waals surface area (Å²) >= 11 is 5.60. The van der Waals surface area contributed by atoms with E-state index in [0.29, 0.717) is 0 Å². The number of rotatable bonds is 0. The molecular weight excluding hydrogens is 148 g/mol.